The fourth-order valence-corrected chi connectivity index (χ4v) is 3.66. The highest BCUT2D eigenvalue weighted by Gasteiger charge is 2.53. The lowest BCUT2D eigenvalue weighted by atomic mass is 9.67. The average Bonchev–Trinajstić information content (AvgIpc) is 2.71. The smallest absolute Gasteiger partial charge is 0.325 e. The first-order chi connectivity index (χ1) is 11.2. The number of carbonyl (C=O) groups excluding carboxylic acids is 3. The summed E-state index contributed by atoms with van der Waals surface area (Å²) < 4.78 is 0. The predicted octanol–water partition coefficient (Wildman–Crippen LogP) is 1.40. The minimum Gasteiger partial charge on any atom is -0.354 e. The van der Waals surface area contributed by atoms with E-state index in [1.54, 1.807) is 0 Å². The Morgan fingerprint density at radius 1 is 1.32 bits per heavy atom. The van der Waals surface area contributed by atoms with E-state index in [2.05, 4.69) is 31.4 Å². The molecule has 1 heterocycles. The van der Waals surface area contributed by atoms with Gasteiger partial charge >= 0.3 is 6.03 Å². The van der Waals surface area contributed by atoms with Crippen LogP contribution in [0.2, 0.25) is 0 Å². The molecule has 0 aromatic carbocycles. The van der Waals surface area contributed by atoms with Crippen LogP contribution >= 0.6 is 12.4 Å². The van der Waals surface area contributed by atoms with Gasteiger partial charge in [-0.2, -0.15) is 0 Å². The lowest BCUT2D eigenvalue weighted by molar-refractivity contribution is -0.136. The molecule has 0 radical (unpaired) electrons. The molecule has 2 rings (SSSR count). The molecule has 4 amide bonds. The molecule has 2 aliphatic rings. The summed E-state index contributed by atoms with van der Waals surface area (Å²) in [4.78, 5) is 37.9. The van der Waals surface area contributed by atoms with E-state index >= 15 is 0 Å². The van der Waals surface area contributed by atoms with E-state index in [4.69, 9.17) is 5.73 Å². The van der Waals surface area contributed by atoms with E-state index in [1.807, 2.05) is 0 Å². The molecule has 1 spiro atoms. The minimum absolute atomic E-state index is 0. The third-order valence-electron chi connectivity index (χ3n) is 5.31. The van der Waals surface area contributed by atoms with Crippen LogP contribution in [0, 0.1) is 11.3 Å². The van der Waals surface area contributed by atoms with Gasteiger partial charge in [-0.15, -0.1) is 12.4 Å². The maximum atomic E-state index is 12.8. The molecular weight excluding hydrogens is 344 g/mol. The molecule has 0 aromatic rings. The van der Waals surface area contributed by atoms with Crippen LogP contribution in [0.4, 0.5) is 4.79 Å². The number of amides is 4. The number of carbonyl (C=O) groups is 3. The van der Waals surface area contributed by atoms with Crippen molar-refractivity contribution in [3.8, 4) is 0 Å². The van der Waals surface area contributed by atoms with Gasteiger partial charge in [0, 0.05) is 6.54 Å². The van der Waals surface area contributed by atoms with Crippen LogP contribution < -0.4 is 16.4 Å². The molecule has 1 saturated heterocycles. The second-order valence-corrected chi connectivity index (χ2v) is 8.04. The average molecular weight is 375 g/mol. The third kappa shape index (κ3) is 4.85. The maximum absolute atomic E-state index is 12.8. The van der Waals surface area contributed by atoms with E-state index in [1.165, 1.54) is 0 Å². The molecule has 7 nitrogen and oxygen atoms in total. The van der Waals surface area contributed by atoms with Crippen molar-refractivity contribution in [2.75, 3.05) is 19.6 Å². The Balaban J connectivity index is 0.00000312. The van der Waals surface area contributed by atoms with Crippen molar-refractivity contribution in [3.63, 3.8) is 0 Å². The highest BCUT2D eigenvalue weighted by Crippen LogP contribution is 2.43. The molecule has 0 bridgehead atoms. The molecule has 1 aliphatic carbocycles. The van der Waals surface area contributed by atoms with Gasteiger partial charge in [-0.25, -0.2) is 4.79 Å². The van der Waals surface area contributed by atoms with Crippen molar-refractivity contribution in [1.82, 2.24) is 15.5 Å². The van der Waals surface area contributed by atoms with E-state index in [-0.39, 0.29) is 36.2 Å². The summed E-state index contributed by atoms with van der Waals surface area (Å²) in [6, 6.07) is -0.455. The first-order valence-corrected chi connectivity index (χ1v) is 8.80. The topological polar surface area (TPSA) is 105 Å². The van der Waals surface area contributed by atoms with Gasteiger partial charge in [0.15, 0.2) is 0 Å². The molecule has 0 atom stereocenters. The monoisotopic (exact) mass is 374 g/mol. The van der Waals surface area contributed by atoms with Crippen LogP contribution in [0.1, 0.15) is 52.9 Å². The largest absolute Gasteiger partial charge is 0.354 e. The van der Waals surface area contributed by atoms with E-state index in [0.717, 1.165) is 17.7 Å². The molecule has 2 fully saturated rings. The summed E-state index contributed by atoms with van der Waals surface area (Å²) in [5.41, 5.74) is 4.77. The summed E-state index contributed by atoms with van der Waals surface area (Å²) in [5, 5.41) is 5.53. The molecule has 0 unspecified atom stereocenters. The Morgan fingerprint density at radius 2 is 1.92 bits per heavy atom. The molecule has 1 aliphatic heterocycles. The summed E-state index contributed by atoms with van der Waals surface area (Å²) in [5.74, 6) is -0.0392. The quantitative estimate of drug-likeness (QED) is 0.499. The normalized spacial score (nSPS) is 26.4. The SMILES string of the molecule is CC(C)(C)C1CCC2(CC1)NC(=O)N(CC(=O)NCCCN)C2=O.Cl. The summed E-state index contributed by atoms with van der Waals surface area (Å²) in [6.45, 7) is 7.35. The number of nitrogens with two attached hydrogens (primary N) is 1. The van der Waals surface area contributed by atoms with E-state index in [0.29, 0.717) is 38.3 Å². The fourth-order valence-electron chi connectivity index (χ4n) is 3.66. The lowest BCUT2D eigenvalue weighted by Gasteiger charge is -2.40. The number of nitrogens with zero attached hydrogens (tertiary/aromatic N) is 1. The van der Waals surface area contributed by atoms with Crippen LogP contribution in [-0.4, -0.2) is 47.9 Å². The van der Waals surface area contributed by atoms with Crippen molar-refractivity contribution in [2.24, 2.45) is 17.1 Å². The van der Waals surface area contributed by atoms with Gasteiger partial charge in [-0.3, -0.25) is 14.5 Å². The number of urea groups is 1. The molecular formula is C17H31ClN4O3. The second-order valence-electron chi connectivity index (χ2n) is 8.04. The minimum atomic E-state index is -0.809. The molecule has 0 aromatic heterocycles. The van der Waals surface area contributed by atoms with Crippen LogP contribution in [0.15, 0.2) is 0 Å². The van der Waals surface area contributed by atoms with Crippen molar-refractivity contribution < 1.29 is 14.4 Å². The lowest BCUT2D eigenvalue weighted by Crippen LogP contribution is -2.51. The Labute approximate surface area is 155 Å². The van der Waals surface area contributed by atoms with Gasteiger partial charge in [-0.1, -0.05) is 20.8 Å². The highest BCUT2D eigenvalue weighted by atomic mass is 35.5. The zero-order valence-corrected chi connectivity index (χ0v) is 16.2. The van der Waals surface area contributed by atoms with Gasteiger partial charge < -0.3 is 16.4 Å². The van der Waals surface area contributed by atoms with Gasteiger partial charge in [0.25, 0.3) is 5.91 Å². The van der Waals surface area contributed by atoms with E-state index in [9.17, 15) is 14.4 Å². The standard InChI is InChI=1S/C17H30N4O3.ClH/c1-16(2,3)12-5-7-17(8-6-12)14(23)21(15(24)20-17)11-13(22)19-10-4-9-18;/h12H,4-11,18H2,1-3H3,(H,19,22)(H,20,24);1H. The summed E-state index contributed by atoms with van der Waals surface area (Å²) in [6.07, 6.45) is 3.78. The predicted molar refractivity (Wildman–Crippen MR) is 98.3 cm³/mol. The zero-order chi connectivity index (χ0) is 18.0. The number of nitrogens with one attached hydrogen (secondary N) is 2. The Morgan fingerprint density at radius 3 is 2.44 bits per heavy atom. The third-order valence-corrected chi connectivity index (χ3v) is 5.31. The van der Waals surface area contributed by atoms with Crippen LogP contribution in [0.3, 0.4) is 0 Å². The Bertz CT molecular complexity index is 511. The number of hydrogen-bond acceptors (Lipinski definition) is 4. The fraction of sp³-hybridized carbons (Fsp3) is 0.824. The summed E-state index contributed by atoms with van der Waals surface area (Å²) in [7, 11) is 0. The molecule has 4 N–H and O–H groups in total. The van der Waals surface area contributed by atoms with Crippen molar-refractivity contribution in [1.29, 1.82) is 0 Å². The molecule has 8 heteroatoms. The number of imide groups is 1. The van der Waals surface area contributed by atoms with Crippen molar-refractivity contribution >= 4 is 30.3 Å². The first kappa shape index (κ1) is 21.7. The Kier molecular flexibility index (Phi) is 7.26. The van der Waals surface area contributed by atoms with Crippen LogP contribution in [0.5, 0.6) is 0 Å². The van der Waals surface area contributed by atoms with Gasteiger partial charge in [0.1, 0.15) is 12.1 Å². The van der Waals surface area contributed by atoms with E-state index < -0.39 is 11.6 Å². The molecule has 1 saturated carbocycles. The second kappa shape index (κ2) is 8.36. The zero-order valence-electron chi connectivity index (χ0n) is 15.4. The number of hydrogen-bond donors (Lipinski definition) is 3. The van der Waals surface area contributed by atoms with Crippen LogP contribution in [-0.2, 0) is 9.59 Å². The maximum Gasteiger partial charge on any atom is 0.325 e. The van der Waals surface area contributed by atoms with Gasteiger partial charge in [0.2, 0.25) is 5.91 Å². The van der Waals surface area contributed by atoms with Crippen LogP contribution in [0.25, 0.3) is 0 Å². The molecule has 144 valence electrons. The highest BCUT2D eigenvalue weighted by molar-refractivity contribution is 6.09. The first-order valence-electron chi connectivity index (χ1n) is 8.80. The summed E-state index contributed by atoms with van der Waals surface area (Å²) >= 11 is 0. The number of halogens is 1. The van der Waals surface area contributed by atoms with Gasteiger partial charge in [-0.05, 0) is 50.0 Å². The van der Waals surface area contributed by atoms with Gasteiger partial charge in [0.05, 0.1) is 0 Å². The Hall–Kier alpha value is -1.34. The number of rotatable bonds is 5. The molecule has 25 heavy (non-hydrogen) atoms. The van der Waals surface area contributed by atoms with Crippen molar-refractivity contribution in [2.45, 2.75) is 58.4 Å². The van der Waals surface area contributed by atoms with Crippen molar-refractivity contribution in [3.05, 3.63) is 0 Å².